The molecule has 0 saturated carbocycles. The molecule has 6 heteroatoms. The molecule has 1 fully saturated rings. The molecular weight excluding hydrogens is 353 g/mol. The average molecular weight is 369 g/mol. The molecule has 1 aliphatic heterocycles. The van der Waals surface area contributed by atoms with Crippen LogP contribution in [0.25, 0.3) is 10.9 Å². The van der Waals surface area contributed by atoms with Gasteiger partial charge in [-0.1, -0.05) is 17.7 Å². The molecule has 1 amide bonds. The Balaban J connectivity index is 1.52. The fourth-order valence-corrected chi connectivity index (χ4v) is 3.45. The van der Waals surface area contributed by atoms with E-state index in [4.69, 9.17) is 11.6 Å². The third kappa shape index (κ3) is 3.10. The summed E-state index contributed by atoms with van der Waals surface area (Å²) in [6, 6.07) is 14.6. The second-order valence-electron chi connectivity index (χ2n) is 6.17. The Morgan fingerprint density at radius 1 is 1.15 bits per heavy atom. The van der Waals surface area contributed by atoms with Crippen molar-refractivity contribution in [2.75, 3.05) is 31.1 Å². The number of carbonyl (C=O) groups is 1. The molecule has 4 rings (SSSR count). The van der Waals surface area contributed by atoms with Crippen LogP contribution in [-0.4, -0.2) is 42.0 Å². The monoisotopic (exact) mass is 368 g/mol. The molecule has 0 N–H and O–H groups in total. The summed E-state index contributed by atoms with van der Waals surface area (Å²) in [5, 5.41) is 1.51. The van der Waals surface area contributed by atoms with E-state index in [1.807, 2.05) is 12.1 Å². The molecule has 131 valence electrons. The number of fused-ring (bicyclic) bond motifs is 1. The Morgan fingerprint density at radius 2 is 1.96 bits per heavy atom. The first-order valence-electron chi connectivity index (χ1n) is 8.38. The highest BCUT2D eigenvalue weighted by Gasteiger charge is 2.24. The molecule has 1 aromatic heterocycles. The standard InChI is InChI=1S/C20H16ClFN3O/c21-17-6-7-18(19-16(17)5-2-8-23-19)24-9-11-25(12-10-24)20(26)14-3-1-4-15(22)13-14/h1-6,8,13H,9-12H2. The Hall–Kier alpha value is -2.66. The van der Waals surface area contributed by atoms with Gasteiger partial charge in [-0.25, -0.2) is 4.39 Å². The van der Waals surface area contributed by atoms with Gasteiger partial charge in [0.15, 0.2) is 0 Å². The van der Waals surface area contributed by atoms with E-state index in [1.54, 1.807) is 29.3 Å². The summed E-state index contributed by atoms with van der Waals surface area (Å²) >= 11 is 6.24. The molecule has 26 heavy (non-hydrogen) atoms. The third-order valence-electron chi connectivity index (χ3n) is 4.58. The highest BCUT2D eigenvalue weighted by Crippen LogP contribution is 2.30. The summed E-state index contributed by atoms with van der Waals surface area (Å²) in [5.41, 5.74) is 2.08. The smallest absolute Gasteiger partial charge is 0.254 e. The van der Waals surface area contributed by atoms with Gasteiger partial charge in [0, 0.05) is 49.4 Å². The first-order chi connectivity index (χ1) is 12.6. The van der Waals surface area contributed by atoms with E-state index in [2.05, 4.69) is 16.0 Å². The van der Waals surface area contributed by atoms with Gasteiger partial charge in [0.2, 0.25) is 0 Å². The molecule has 1 radical (unpaired) electrons. The number of benzene rings is 2. The summed E-state index contributed by atoms with van der Waals surface area (Å²) in [6.07, 6.45) is 1.74. The zero-order chi connectivity index (χ0) is 18.1. The van der Waals surface area contributed by atoms with Crippen molar-refractivity contribution in [3.63, 3.8) is 0 Å². The Labute approximate surface area is 155 Å². The van der Waals surface area contributed by atoms with Gasteiger partial charge in [0.25, 0.3) is 5.91 Å². The predicted octanol–water partition coefficient (Wildman–Crippen LogP) is 3.79. The summed E-state index contributed by atoms with van der Waals surface area (Å²) < 4.78 is 13.4. The van der Waals surface area contributed by atoms with Crippen molar-refractivity contribution in [1.29, 1.82) is 0 Å². The molecule has 0 unspecified atom stereocenters. The molecule has 2 aromatic carbocycles. The van der Waals surface area contributed by atoms with Crippen LogP contribution in [0.1, 0.15) is 10.4 Å². The molecule has 2 heterocycles. The van der Waals surface area contributed by atoms with Crippen LogP contribution in [0.2, 0.25) is 5.02 Å². The van der Waals surface area contributed by atoms with Crippen LogP contribution in [0, 0.1) is 11.9 Å². The maximum atomic E-state index is 13.4. The van der Waals surface area contributed by atoms with Crippen molar-refractivity contribution in [3.05, 3.63) is 71.1 Å². The SMILES string of the molecule is O=C(c1cccc(F)c1)N1CCN(c2[c]cc(Cl)c3cccnc23)CC1. The van der Waals surface area contributed by atoms with Gasteiger partial charge in [0.1, 0.15) is 5.82 Å². The molecule has 3 aromatic rings. The fourth-order valence-electron chi connectivity index (χ4n) is 3.24. The molecule has 0 aliphatic carbocycles. The number of rotatable bonds is 2. The second-order valence-corrected chi connectivity index (χ2v) is 6.58. The highest BCUT2D eigenvalue weighted by molar-refractivity contribution is 6.35. The van der Waals surface area contributed by atoms with Crippen molar-refractivity contribution in [2.45, 2.75) is 0 Å². The van der Waals surface area contributed by atoms with Crippen molar-refractivity contribution in [1.82, 2.24) is 9.88 Å². The maximum absolute atomic E-state index is 13.4. The van der Waals surface area contributed by atoms with E-state index in [9.17, 15) is 9.18 Å². The van der Waals surface area contributed by atoms with Gasteiger partial charge in [0.05, 0.1) is 16.2 Å². The van der Waals surface area contributed by atoms with E-state index in [0.717, 1.165) is 16.6 Å². The van der Waals surface area contributed by atoms with E-state index < -0.39 is 5.82 Å². The van der Waals surface area contributed by atoms with E-state index in [0.29, 0.717) is 36.8 Å². The lowest BCUT2D eigenvalue weighted by atomic mass is 10.1. The Bertz CT molecular complexity index is 970. The molecule has 1 saturated heterocycles. The molecule has 1 aliphatic rings. The first kappa shape index (κ1) is 16.8. The number of anilines is 1. The number of piperazine rings is 1. The van der Waals surface area contributed by atoms with Crippen molar-refractivity contribution >= 4 is 34.1 Å². The largest absolute Gasteiger partial charge is 0.366 e. The van der Waals surface area contributed by atoms with Crippen LogP contribution in [0.4, 0.5) is 10.1 Å². The zero-order valence-electron chi connectivity index (χ0n) is 14.0. The summed E-state index contributed by atoms with van der Waals surface area (Å²) in [6.45, 7) is 2.43. The second kappa shape index (κ2) is 6.92. The van der Waals surface area contributed by atoms with Crippen LogP contribution in [0.5, 0.6) is 0 Å². The third-order valence-corrected chi connectivity index (χ3v) is 4.89. The topological polar surface area (TPSA) is 36.4 Å². The molecule has 4 nitrogen and oxygen atoms in total. The van der Waals surface area contributed by atoms with Gasteiger partial charge < -0.3 is 9.80 Å². The van der Waals surface area contributed by atoms with Crippen molar-refractivity contribution in [3.8, 4) is 0 Å². The lowest BCUT2D eigenvalue weighted by molar-refractivity contribution is 0.0746. The number of halogens is 2. The Kier molecular flexibility index (Phi) is 4.47. The summed E-state index contributed by atoms with van der Waals surface area (Å²) in [7, 11) is 0. The summed E-state index contributed by atoms with van der Waals surface area (Å²) in [4.78, 5) is 20.9. The number of hydrogen-bond acceptors (Lipinski definition) is 3. The molecule has 0 spiro atoms. The molecule has 0 bridgehead atoms. The van der Waals surface area contributed by atoms with Crippen LogP contribution < -0.4 is 4.90 Å². The van der Waals surface area contributed by atoms with Crippen LogP contribution in [-0.2, 0) is 0 Å². The number of pyridine rings is 1. The Morgan fingerprint density at radius 3 is 2.73 bits per heavy atom. The van der Waals surface area contributed by atoms with Crippen LogP contribution in [0.15, 0.2) is 48.7 Å². The average Bonchev–Trinajstić information content (AvgIpc) is 2.68. The van der Waals surface area contributed by atoms with Gasteiger partial charge in [-0.3, -0.25) is 9.78 Å². The van der Waals surface area contributed by atoms with Gasteiger partial charge in [-0.15, -0.1) is 0 Å². The molecule has 0 atom stereocenters. The van der Waals surface area contributed by atoms with Gasteiger partial charge >= 0.3 is 0 Å². The number of amides is 1. The minimum atomic E-state index is -0.400. The van der Waals surface area contributed by atoms with E-state index in [-0.39, 0.29) is 5.91 Å². The maximum Gasteiger partial charge on any atom is 0.254 e. The number of carbonyl (C=O) groups excluding carboxylic acids is 1. The zero-order valence-corrected chi connectivity index (χ0v) is 14.7. The number of aromatic nitrogens is 1. The van der Waals surface area contributed by atoms with Gasteiger partial charge in [-0.2, -0.15) is 0 Å². The van der Waals surface area contributed by atoms with Crippen LogP contribution >= 0.6 is 11.6 Å². The minimum absolute atomic E-state index is 0.146. The molecular formula is C20H16ClFN3O. The first-order valence-corrected chi connectivity index (χ1v) is 8.76. The number of nitrogens with zero attached hydrogens (tertiary/aromatic N) is 3. The van der Waals surface area contributed by atoms with Crippen LogP contribution in [0.3, 0.4) is 0 Å². The van der Waals surface area contributed by atoms with Crippen molar-refractivity contribution < 1.29 is 9.18 Å². The number of hydrogen-bond donors (Lipinski definition) is 0. The quantitative estimate of drug-likeness (QED) is 0.690. The minimum Gasteiger partial charge on any atom is -0.366 e. The predicted molar refractivity (Wildman–Crippen MR) is 100 cm³/mol. The normalized spacial score (nSPS) is 14.7. The highest BCUT2D eigenvalue weighted by atomic mass is 35.5. The van der Waals surface area contributed by atoms with E-state index in [1.165, 1.54) is 12.1 Å². The van der Waals surface area contributed by atoms with Crippen molar-refractivity contribution in [2.24, 2.45) is 0 Å². The lowest BCUT2D eigenvalue weighted by Gasteiger charge is -2.36. The summed E-state index contributed by atoms with van der Waals surface area (Å²) in [5.74, 6) is -0.546. The fraction of sp³-hybridized carbons (Fsp3) is 0.200. The lowest BCUT2D eigenvalue weighted by Crippen LogP contribution is -2.49. The van der Waals surface area contributed by atoms with Gasteiger partial charge in [-0.05, 0) is 36.4 Å². The van der Waals surface area contributed by atoms with E-state index >= 15 is 0 Å².